The molecule has 9 heteroatoms. The normalized spacial score (nSPS) is 10.5. The zero-order valence-corrected chi connectivity index (χ0v) is 14.9. The highest BCUT2D eigenvalue weighted by Crippen LogP contribution is 2.35. The van der Waals surface area contributed by atoms with Gasteiger partial charge < -0.3 is 23.0 Å². The summed E-state index contributed by atoms with van der Waals surface area (Å²) in [5.74, 6) is 1.11. The molecule has 25 heavy (non-hydrogen) atoms. The summed E-state index contributed by atoms with van der Waals surface area (Å²) in [6.45, 7) is -0.173. The number of nitrogens with zero attached hydrogens (tertiary/aromatic N) is 2. The minimum absolute atomic E-state index is 0.149. The number of aromatic nitrogens is 2. The number of rotatable bonds is 6. The van der Waals surface area contributed by atoms with Gasteiger partial charge in [-0.05, 0) is 40.2 Å². The van der Waals surface area contributed by atoms with Crippen LogP contribution in [0.3, 0.4) is 0 Å². The predicted octanol–water partition coefficient (Wildman–Crippen LogP) is 3.47. The summed E-state index contributed by atoms with van der Waals surface area (Å²) >= 11 is 3.34. The zero-order chi connectivity index (χ0) is 17.8. The first kappa shape index (κ1) is 17.0. The van der Waals surface area contributed by atoms with Crippen molar-refractivity contribution < 1.29 is 27.8 Å². The molecule has 0 N–H and O–H groups in total. The van der Waals surface area contributed by atoms with Crippen molar-refractivity contribution in [1.29, 1.82) is 0 Å². The van der Waals surface area contributed by atoms with Gasteiger partial charge >= 0.3 is 5.97 Å². The van der Waals surface area contributed by atoms with Gasteiger partial charge in [-0.25, -0.2) is 4.79 Å². The van der Waals surface area contributed by atoms with Crippen LogP contribution in [0.4, 0.5) is 0 Å². The van der Waals surface area contributed by atoms with Crippen LogP contribution in [-0.2, 0) is 11.3 Å². The molecule has 0 saturated heterocycles. The van der Waals surface area contributed by atoms with E-state index in [0.717, 1.165) is 0 Å². The van der Waals surface area contributed by atoms with Gasteiger partial charge in [0.1, 0.15) is 16.0 Å². The SMILES string of the molecule is COc1cc(C(=O)OCc2nnc(-c3ccco3)o2)cc(OC)c1Br. The lowest BCUT2D eigenvalue weighted by Gasteiger charge is -2.10. The van der Waals surface area contributed by atoms with Crippen LogP contribution >= 0.6 is 15.9 Å². The highest BCUT2D eigenvalue weighted by atomic mass is 79.9. The minimum atomic E-state index is -0.582. The van der Waals surface area contributed by atoms with Crippen LogP contribution in [0.1, 0.15) is 16.2 Å². The first-order valence-corrected chi connectivity index (χ1v) is 7.86. The Hall–Kier alpha value is -2.81. The van der Waals surface area contributed by atoms with Crippen LogP contribution < -0.4 is 9.47 Å². The summed E-state index contributed by atoms with van der Waals surface area (Å²) in [5.41, 5.74) is 0.266. The molecular formula is C16H13BrN2O6. The van der Waals surface area contributed by atoms with Crippen molar-refractivity contribution in [1.82, 2.24) is 10.2 Å². The molecule has 0 radical (unpaired) electrons. The minimum Gasteiger partial charge on any atom is -0.495 e. The second-order valence-electron chi connectivity index (χ2n) is 4.75. The molecular weight excluding hydrogens is 396 g/mol. The van der Waals surface area contributed by atoms with Crippen molar-refractivity contribution in [2.45, 2.75) is 6.61 Å². The molecule has 0 unspecified atom stereocenters. The van der Waals surface area contributed by atoms with Gasteiger partial charge in [-0.15, -0.1) is 10.2 Å². The van der Waals surface area contributed by atoms with Crippen molar-refractivity contribution in [3.63, 3.8) is 0 Å². The maximum atomic E-state index is 12.2. The average molecular weight is 409 g/mol. The average Bonchev–Trinajstić information content (AvgIpc) is 3.31. The fraction of sp³-hybridized carbons (Fsp3) is 0.188. The van der Waals surface area contributed by atoms with Crippen molar-refractivity contribution in [2.24, 2.45) is 0 Å². The van der Waals surface area contributed by atoms with Gasteiger partial charge in [0.25, 0.3) is 11.8 Å². The van der Waals surface area contributed by atoms with Crippen molar-refractivity contribution >= 4 is 21.9 Å². The largest absolute Gasteiger partial charge is 0.495 e. The van der Waals surface area contributed by atoms with Crippen LogP contribution in [0.5, 0.6) is 11.5 Å². The number of methoxy groups -OCH3 is 2. The molecule has 1 aromatic carbocycles. The third-order valence-electron chi connectivity index (χ3n) is 3.21. The van der Waals surface area contributed by atoms with E-state index >= 15 is 0 Å². The first-order valence-electron chi connectivity index (χ1n) is 7.07. The van der Waals surface area contributed by atoms with Crippen LogP contribution in [0.2, 0.25) is 0 Å². The summed E-state index contributed by atoms with van der Waals surface area (Å²) < 4.78 is 26.7. The van der Waals surface area contributed by atoms with Crippen molar-refractivity contribution in [3.8, 4) is 23.1 Å². The number of hydrogen-bond donors (Lipinski definition) is 0. The molecule has 0 aliphatic carbocycles. The second kappa shape index (κ2) is 7.39. The van der Waals surface area contributed by atoms with E-state index in [0.29, 0.717) is 21.7 Å². The highest BCUT2D eigenvalue weighted by molar-refractivity contribution is 9.10. The lowest BCUT2D eigenvalue weighted by atomic mass is 10.2. The Labute approximate surface area is 150 Å². The number of esters is 1. The van der Waals surface area contributed by atoms with Crippen LogP contribution in [0.15, 0.2) is 43.8 Å². The molecule has 0 saturated carbocycles. The highest BCUT2D eigenvalue weighted by Gasteiger charge is 2.17. The van der Waals surface area contributed by atoms with E-state index < -0.39 is 5.97 Å². The Balaban J connectivity index is 1.71. The lowest BCUT2D eigenvalue weighted by molar-refractivity contribution is 0.0437. The van der Waals surface area contributed by atoms with Crippen LogP contribution in [-0.4, -0.2) is 30.4 Å². The third-order valence-corrected chi connectivity index (χ3v) is 3.99. The van der Waals surface area contributed by atoms with Gasteiger partial charge in [-0.3, -0.25) is 0 Å². The standard InChI is InChI=1S/C16H13BrN2O6/c1-21-11-6-9(7-12(22-2)14(11)17)16(20)24-8-13-18-19-15(25-13)10-4-3-5-23-10/h3-7H,8H2,1-2H3. The van der Waals surface area contributed by atoms with E-state index in [4.69, 9.17) is 23.0 Å². The van der Waals surface area contributed by atoms with E-state index in [9.17, 15) is 4.79 Å². The van der Waals surface area contributed by atoms with Gasteiger partial charge in [-0.1, -0.05) is 0 Å². The van der Waals surface area contributed by atoms with Crippen molar-refractivity contribution in [3.05, 3.63) is 46.5 Å². The molecule has 0 spiro atoms. The Kier molecular flexibility index (Phi) is 5.03. The Morgan fingerprint density at radius 2 is 1.92 bits per heavy atom. The second-order valence-corrected chi connectivity index (χ2v) is 5.54. The molecule has 2 aromatic heterocycles. The molecule has 2 heterocycles. The quantitative estimate of drug-likeness (QED) is 0.571. The molecule has 0 aliphatic heterocycles. The summed E-state index contributed by atoms with van der Waals surface area (Å²) in [7, 11) is 2.98. The Morgan fingerprint density at radius 1 is 1.20 bits per heavy atom. The molecule has 3 rings (SSSR count). The predicted molar refractivity (Wildman–Crippen MR) is 88.4 cm³/mol. The summed E-state index contributed by atoms with van der Waals surface area (Å²) in [6.07, 6.45) is 1.49. The summed E-state index contributed by atoms with van der Waals surface area (Å²) in [4.78, 5) is 12.2. The van der Waals surface area contributed by atoms with E-state index in [1.54, 1.807) is 12.1 Å². The monoisotopic (exact) mass is 408 g/mol. The van der Waals surface area contributed by atoms with Crippen LogP contribution in [0, 0.1) is 0 Å². The van der Waals surface area contributed by atoms with Gasteiger partial charge in [0.15, 0.2) is 12.4 Å². The Morgan fingerprint density at radius 3 is 2.52 bits per heavy atom. The van der Waals surface area contributed by atoms with E-state index in [1.807, 2.05) is 0 Å². The fourth-order valence-electron chi connectivity index (χ4n) is 2.01. The topological polar surface area (TPSA) is 96.8 Å². The number of hydrogen-bond acceptors (Lipinski definition) is 8. The molecule has 3 aromatic rings. The molecule has 0 bridgehead atoms. The third kappa shape index (κ3) is 3.66. The molecule has 0 amide bonds. The van der Waals surface area contributed by atoms with E-state index in [1.165, 1.54) is 32.6 Å². The summed E-state index contributed by atoms with van der Waals surface area (Å²) in [5, 5.41) is 7.64. The van der Waals surface area contributed by atoms with Crippen LogP contribution in [0.25, 0.3) is 11.7 Å². The first-order chi connectivity index (χ1) is 12.1. The molecule has 8 nitrogen and oxygen atoms in total. The van der Waals surface area contributed by atoms with Gasteiger partial charge in [0, 0.05) is 0 Å². The number of halogens is 1. The Bertz CT molecular complexity index is 850. The van der Waals surface area contributed by atoms with Gasteiger partial charge in [0.2, 0.25) is 0 Å². The maximum absolute atomic E-state index is 12.2. The molecule has 130 valence electrons. The number of ether oxygens (including phenoxy) is 3. The number of benzene rings is 1. The van der Waals surface area contributed by atoms with Crippen molar-refractivity contribution in [2.75, 3.05) is 14.2 Å². The number of carbonyl (C=O) groups excluding carboxylic acids is 1. The van der Waals surface area contributed by atoms with E-state index in [-0.39, 0.29) is 24.0 Å². The number of carbonyl (C=O) groups is 1. The number of furan rings is 1. The zero-order valence-electron chi connectivity index (χ0n) is 13.3. The lowest BCUT2D eigenvalue weighted by Crippen LogP contribution is -2.06. The van der Waals surface area contributed by atoms with Gasteiger partial charge in [-0.2, -0.15) is 0 Å². The maximum Gasteiger partial charge on any atom is 0.338 e. The van der Waals surface area contributed by atoms with Gasteiger partial charge in [0.05, 0.1) is 26.0 Å². The summed E-state index contributed by atoms with van der Waals surface area (Å²) in [6, 6.07) is 6.46. The molecule has 0 fully saturated rings. The van der Waals surface area contributed by atoms with E-state index in [2.05, 4.69) is 26.1 Å². The fourth-order valence-corrected chi connectivity index (χ4v) is 2.56. The molecule has 0 atom stereocenters. The molecule has 0 aliphatic rings. The smallest absolute Gasteiger partial charge is 0.338 e.